The van der Waals surface area contributed by atoms with E-state index in [2.05, 4.69) is 10.2 Å². The van der Waals surface area contributed by atoms with Crippen molar-refractivity contribution in [2.24, 2.45) is 5.41 Å². The number of carbonyl (C=O) groups is 3. The second kappa shape index (κ2) is 13.5. The number of para-hydroxylation sites is 1. The first-order valence-corrected chi connectivity index (χ1v) is 14.2. The van der Waals surface area contributed by atoms with Gasteiger partial charge in [-0.05, 0) is 49.9 Å². The Balaban J connectivity index is 1.35. The van der Waals surface area contributed by atoms with Crippen LogP contribution in [0.5, 0.6) is 11.5 Å². The fraction of sp³-hybridized carbons (Fsp3) is 0.516. The number of fused-ring (bicyclic) bond motifs is 1. The van der Waals surface area contributed by atoms with Crippen LogP contribution in [0, 0.1) is 5.41 Å². The molecule has 1 fully saturated rings. The van der Waals surface area contributed by atoms with E-state index < -0.39 is 5.41 Å². The van der Waals surface area contributed by atoms with Gasteiger partial charge < -0.3 is 29.5 Å². The van der Waals surface area contributed by atoms with Gasteiger partial charge in [0, 0.05) is 58.4 Å². The molecule has 3 amide bonds. The Morgan fingerprint density at radius 3 is 2.60 bits per heavy atom. The highest BCUT2D eigenvalue weighted by atomic mass is 16.5. The van der Waals surface area contributed by atoms with Crippen LogP contribution in [0.1, 0.15) is 48.9 Å². The standard InChI is InChI=1S/C31H42N4O5/c1-33(24-9-8-10-25(23-24)39-3)18-13-28(36)35-19-15-31(16-20-35)14-6-7-17-32-29(37)26-11-4-5-12-27(26)40-22-21-34(2)30(31)38/h4-5,8-12,23H,6-7,13-22H2,1-3H3,(H,32,37). The molecule has 2 heterocycles. The van der Waals surface area contributed by atoms with Gasteiger partial charge in [0.15, 0.2) is 0 Å². The summed E-state index contributed by atoms with van der Waals surface area (Å²) in [4.78, 5) is 45.3. The number of benzene rings is 2. The molecule has 2 aliphatic rings. The number of likely N-dealkylation sites (tertiary alicyclic amines) is 1. The Hall–Kier alpha value is -3.75. The third kappa shape index (κ3) is 7.06. The van der Waals surface area contributed by atoms with Crippen molar-refractivity contribution in [1.29, 1.82) is 0 Å². The van der Waals surface area contributed by atoms with Gasteiger partial charge >= 0.3 is 0 Å². The van der Waals surface area contributed by atoms with Crippen molar-refractivity contribution in [3.8, 4) is 11.5 Å². The summed E-state index contributed by atoms with van der Waals surface area (Å²) in [5.41, 5.74) is 1.01. The zero-order chi connectivity index (χ0) is 28.5. The minimum atomic E-state index is -0.505. The van der Waals surface area contributed by atoms with Gasteiger partial charge in [-0.15, -0.1) is 0 Å². The molecule has 0 atom stereocenters. The van der Waals surface area contributed by atoms with E-state index >= 15 is 0 Å². The first kappa shape index (κ1) is 29.2. The first-order valence-electron chi connectivity index (χ1n) is 14.2. The quantitative estimate of drug-likeness (QED) is 0.612. The van der Waals surface area contributed by atoms with Crippen molar-refractivity contribution < 1.29 is 23.9 Å². The van der Waals surface area contributed by atoms with Crippen LogP contribution in [0.3, 0.4) is 0 Å². The molecule has 2 aromatic rings. The van der Waals surface area contributed by atoms with Crippen LogP contribution >= 0.6 is 0 Å². The van der Waals surface area contributed by atoms with Gasteiger partial charge in [-0.2, -0.15) is 0 Å². The summed E-state index contributed by atoms with van der Waals surface area (Å²) in [6.45, 7) is 3.01. The van der Waals surface area contributed by atoms with E-state index in [0.717, 1.165) is 30.7 Å². The van der Waals surface area contributed by atoms with E-state index in [-0.39, 0.29) is 17.7 Å². The van der Waals surface area contributed by atoms with E-state index in [9.17, 15) is 14.4 Å². The topological polar surface area (TPSA) is 91.4 Å². The third-order valence-electron chi connectivity index (χ3n) is 8.21. The largest absolute Gasteiger partial charge is 0.497 e. The fourth-order valence-corrected chi connectivity index (χ4v) is 5.62. The zero-order valence-corrected chi connectivity index (χ0v) is 24.0. The molecule has 0 aromatic heterocycles. The highest BCUT2D eigenvalue weighted by Gasteiger charge is 2.43. The van der Waals surface area contributed by atoms with E-state index in [1.54, 1.807) is 24.1 Å². The lowest BCUT2D eigenvalue weighted by Gasteiger charge is -2.43. The summed E-state index contributed by atoms with van der Waals surface area (Å²) < 4.78 is 11.2. The van der Waals surface area contributed by atoms with Crippen LogP contribution in [-0.4, -0.2) is 88.1 Å². The molecule has 9 nitrogen and oxygen atoms in total. The van der Waals surface area contributed by atoms with Crippen LogP contribution in [0.15, 0.2) is 48.5 Å². The van der Waals surface area contributed by atoms with Crippen LogP contribution in [-0.2, 0) is 9.59 Å². The Kier molecular flexibility index (Phi) is 9.90. The predicted molar refractivity (Wildman–Crippen MR) is 155 cm³/mol. The SMILES string of the molecule is COc1cccc(N(C)CCC(=O)N2CCC3(CCCCNC(=O)c4ccccc4OCCN(C)C3=O)CC2)c1. The maximum absolute atomic E-state index is 13.8. The molecule has 1 spiro atoms. The second-order valence-corrected chi connectivity index (χ2v) is 10.8. The van der Waals surface area contributed by atoms with Crippen molar-refractivity contribution in [1.82, 2.24) is 15.1 Å². The minimum absolute atomic E-state index is 0.112. The number of ether oxygens (including phenoxy) is 2. The van der Waals surface area contributed by atoms with Crippen molar-refractivity contribution in [3.63, 3.8) is 0 Å². The highest BCUT2D eigenvalue weighted by Crippen LogP contribution is 2.39. The lowest BCUT2D eigenvalue weighted by Crippen LogP contribution is -2.51. The van der Waals surface area contributed by atoms with Crippen LogP contribution in [0.25, 0.3) is 0 Å². The molecule has 0 radical (unpaired) electrons. The number of nitrogens with zero attached hydrogens (tertiary/aromatic N) is 3. The average molecular weight is 551 g/mol. The van der Waals surface area contributed by atoms with E-state index in [1.807, 2.05) is 55.4 Å². The van der Waals surface area contributed by atoms with Crippen molar-refractivity contribution in [2.45, 2.75) is 38.5 Å². The number of anilines is 1. The molecule has 1 N–H and O–H groups in total. The molecule has 0 bridgehead atoms. The molecule has 2 aliphatic heterocycles. The number of methoxy groups -OCH3 is 1. The molecule has 40 heavy (non-hydrogen) atoms. The highest BCUT2D eigenvalue weighted by molar-refractivity contribution is 5.96. The second-order valence-electron chi connectivity index (χ2n) is 10.8. The van der Waals surface area contributed by atoms with Crippen molar-refractivity contribution in [3.05, 3.63) is 54.1 Å². The number of hydrogen-bond donors (Lipinski definition) is 1. The van der Waals surface area contributed by atoms with Gasteiger partial charge in [-0.3, -0.25) is 14.4 Å². The molecule has 0 unspecified atom stereocenters. The van der Waals surface area contributed by atoms with Crippen molar-refractivity contribution in [2.75, 3.05) is 65.4 Å². The van der Waals surface area contributed by atoms with E-state index in [4.69, 9.17) is 9.47 Å². The monoisotopic (exact) mass is 550 g/mol. The lowest BCUT2D eigenvalue weighted by atomic mass is 9.73. The predicted octanol–water partition coefficient (Wildman–Crippen LogP) is 3.58. The number of hydrogen-bond acceptors (Lipinski definition) is 6. The van der Waals surface area contributed by atoms with Crippen molar-refractivity contribution >= 4 is 23.4 Å². The summed E-state index contributed by atoms with van der Waals surface area (Å²) in [5.74, 6) is 1.40. The zero-order valence-electron chi connectivity index (χ0n) is 24.0. The minimum Gasteiger partial charge on any atom is -0.497 e. The Morgan fingerprint density at radius 1 is 1.05 bits per heavy atom. The normalized spacial score (nSPS) is 18.3. The Labute approximate surface area is 237 Å². The molecule has 216 valence electrons. The molecule has 1 saturated heterocycles. The maximum atomic E-state index is 13.8. The molecular formula is C31H42N4O5. The molecule has 4 rings (SSSR count). The summed E-state index contributed by atoms with van der Waals surface area (Å²) in [7, 11) is 5.44. The average Bonchev–Trinajstić information content (AvgIpc) is 2.99. The van der Waals surface area contributed by atoms with Gasteiger partial charge in [-0.25, -0.2) is 0 Å². The van der Waals surface area contributed by atoms with Crippen LogP contribution in [0.2, 0.25) is 0 Å². The van der Waals surface area contributed by atoms with Gasteiger partial charge in [-0.1, -0.05) is 24.6 Å². The lowest BCUT2D eigenvalue weighted by molar-refractivity contribution is -0.148. The molecule has 2 aromatic carbocycles. The number of piperidine rings is 1. The number of rotatable bonds is 5. The van der Waals surface area contributed by atoms with Gasteiger partial charge in [0.05, 0.1) is 24.6 Å². The summed E-state index contributed by atoms with van der Waals surface area (Å²) in [5, 5.41) is 2.99. The molecule has 0 aliphatic carbocycles. The summed E-state index contributed by atoms with van der Waals surface area (Å²) in [6, 6.07) is 15.0. The first-order chi connectivity index (χ1) is 19.3. The number of amides is 3. The number of carbonyl (C=O) groups excluding carboxylic acids is 3. The van der Waals surface area contributed by atoms with E-state index in [1.165, 1.54) is 0 Å². The van der Waals surface area contributed by atoms with Crippen LogP contribution < -0.4 is 19.7 Å². The molecular weight excluding hydrogens is 508 g/mol. The molecule has 9 heteroatoms. The summed E-state index contributed by atoms with van der Waals surface area (Å²) >= 11 is 0. The molecule has 0 saturated carbocycles. The van der Waals surface area contributed by atoms with Crippen LogP contribution in [0.4, 0.5) is 5.69 Å². The van der Waals surface area contributed by atoms with Gasteiger partial charge in [0.1, 0.15) is 18.1 Å². The maximum Gasteiger partial charge on any atom is 0.255 e. The van der Waals surface area contributed by atoms with E-state index in [0.29, 0.717) is 69.9 Å². The third-order valence-corrected chi connectivity index (χ3v) is 8.21. The number of nitrogens with one attached hydrogen (secondary N) is 1. The summed E-state index contributed by atoms with van der Waals surface area (Å²) in [6.07, 6.45) is 4.05. The van der Waals surface area contributed by atoms with Gasteiger partial charge in [0.2, 0.25) is 11.8 Å². The van der Waals surface area contributed by atoms with Gasteiger partial charge in [0.25, 0.3) is 5.91 Å². The number of likely N-dealkylation sites (N-methyl/N-ethyl adjacent to an activating group) is 1. The Bertz CT molecular complexity index is 1180. The smallest absolute Gasteiger partial charge is 0.255 e. The Morgan fingerprint density at radius 2 is 1.82 bits per heavy atom. The fourth-order valence-electron chi connectivity index (χ4n) is 5.62.